The number of allylic oxidation sites excluding steroid dienone is 4. The second-order valence-corrected chi connectivity index (χ2v) is 11.6. The number of rotatable bonds is 1. The van der Waals surface area contributed by atoms with Crippen molar-refractivity contribution in [2.75, 3.05) is 0 Å². The van der Waals surface area contributed by atoms with Gasteiger partial charge in [0.15, 0.2) is 11.6 Å². The first-order chi connectivity index (χ1) is 13.0. The van der Waals surface area contributed by atoms with Gasteiger partial charge in [0.2, 0.25) is 0 Å². The van der Waals surface area contributed by atoms with Crippen LogP contribution >= 0.6 is 69.6 Å². The Morgan fingerprint density at radius 2 is 1.54 bits per heavy atom. The highest BCUT2D eigenvalue weighted by molar-refractivity contribution is 6.67. The van der Waals surface area contributed by atoms with Crippen LogP contribution in [0.15, 0.2) is 47.5 Å². The van der Waals surface area contributed by atoms with Crippen LogP contribution in [0.4, 0.5) is 0 Å². The molecule has 1 aromatic rings. The van der Waals surface area contributed by atoms with E-state index in [4.69, 9.17) is 69.6 Å². The summed E-state index contributed by atoms with van der Waals surface area (Å²) in [7, 11) is 0. The normalized spacial score (nSPS) is 54.6. The predicted molar refractivity (Wildman–Crippen MR) is 111 cm³/mol. The lowest BCUT2D eigenvalue weighted by atomic mass is 9.38. The van der Waals surface area contributed by atoms with Crippen molar-refractivity contribution in [1.82, 2.24) is 0 Å². The number of fused-ring (bicyclic) bond motifs is 1. The van der Waals surface area contributed by atoms with E-state index in [2.05, 4.69) is 0 Å². The van der Waals surface area contributed by atoms with Crippen LogP contribution in [0.2, 0.25) is 5.02 Å². The van der Waals surface area contributed by atoms with Gasteiger partial charge < -0.3 is 0 Å². The fourth-order valence-corrected chi connectivity index (χ4v) is 9.85. The maximum absolute atomic E-state index is 13.7. The van der Waals surface area contributed by atoms with Crippen LogP contribution in [0.25, 0.3) is 0 Å². The van der Waals surface area contributed by atoms with Crippen molar-refractivity contribution in [3.63, 3.8) is 0 Å². The van der Waals surface area contributed by atoms with Gasteiger partial charge in [-0.25, -0.2) is 0 Å². The first-order valence-corrected chi connectivity index (χ1v) is 10.9. The molecule has 6 rings (SSSR count). The van der Waals surface area contributed by atoms with E-state index in [-0.39, 0.29) is 6.42 Å². The average Bonchev–Trinajstić information content (AvgIpc) is 2.74. The lowest BCUT2D eigenvalue weighted by Gasteiger charge is -2.68. The Kier molecular flexibility index (Phi) is 3.09. The summed E-state index contributed by atoms with van der Waals surface area (Å²) in [6, 6.07) is 7.08. The molecule has 0 N–H and O–H groups in total. The maximum Gasteiger partial charge on any atom is 0.181 e. The number of hydrogen-bond acceptors (Lipinski definition) is 2. The largest absolute Gasteiger partial charge is 0.296 e. The average molecular weight is 495 g/mol. The fourth-order valence-electron chi connectivity index (χ4n) is 6.89. The van der Waals surface area contributed by atoms with Gasteiger partial charge >= 0.3 is 0 Å². The van der Waals surface area contributed by atoms with Gasteiger partial charge in [-0.3, -0.25) is 9.59 Å². The summed E-state index contributed by atoms with van der Waals surface area (Å²) in [4.78, 5) is 20.6. The van der Waals surface area contributed by atoms with E-state index in [1.54, 1.807) is 24.3 Å². The molecule has 0 unspecified atom stereocenters. The van der Waals surface area contributed by atoms with Crippen molar-refractivity contribution in [3.8, 4) is 0 Å². The van der Waals surface area contributed by atoms with Crippen LogP contribution in [-0.2, 0) is 15.0 Å². The molecule has 0 aliphatic heterocycles. The Labute approximate surface area is 190 Å². The molecule has 0 aromatic heterocycles. The maximum atomic E-state index is 13.7. The molecule has 144 valence electrons. The minimum atomic E-state index is -1.71. The number of ketones is 2. The molecule has 4 fully saturated rings. The second kappa shape index (κ2) is 4.66. The first-order valence-electron chi connectivity index (χ1n) is 8.68. The quantitative estimate of drug-likeness (QED) is 0.492. The van der Waals surface area contributed by atoms with Crippen LogP contribution in [0.5, 0.6) is 0 Å². The molecule has 0 amide bonds. The van der Waals surface area contributed by atoms with Gasteiger partial charge in [0.05, 0.1) is 0 Å². The molecule has 8 heteroatoms. The van der Waals surface area contributed by atoms with E-state index >= 15 is 0 Å². The lowest BCUT2D eigenvalue weighted by Crippen LogP contribution is -2.83. The van der Waals surface area contributed by atoms with E-state index in [9.17, 15) is 9.59 Å². The van der Waals surface area contributed by atoms with Crippen LogP contribution < -0.4 is 0 Å². The number of alkyl halides is 4. The number of halogens is 6. The SMILES string of the molecule is O=C1[C@@]2(Cl)[C@]3(c4ccc(Cl)cc4)C[C@@]2(Cl)C(=O)[C@@]2(Cl)[C@@H]4C=C(Cl)C=C[C@]43[C@@]12Cl. The van der Waals surface area contributed by atoms with Gasteiger partial charge in [-0.2, -0.15) is 0 Å². The molecule has 2 bridgehead atoms. The molecule has 4 saturated carbocycles. The van der Waals surface area contributed by atoms with Gasteiger partial charge in [0.1, 0.15) is 19.5 Å². The van der Waals surface area contributed by atoms with Gasteiger partial charge in [0, 0.05) is 26.8 Å². The summed E-state index contributed by atoms with van der Waals surface area (Å²) in [5.41, 5.74) is -1.26. The predicted octanol–water partition coefficient (Wildman–Crippen LogP) is 5.37. The molecular weight excluding hydrogens is 485 g/mol. The van der Waals surface area contributed by atoms with E-state index in [0.717, 1.165) is 5.56 Å². The van der Waals surface area contributed by atoms with E-state index in [1.807, 2.05) is 18.2 Å². The molecule has 1 spiro atoms. The molecule has 0 saturated heterocycles. The van der Waals surface area contributed by atoms with E-state index in [0.29, 0.717) is 10.1 Å². The molecule has 7 atom stereocenters. The minimum absolute atomic E-state index is 0.159. The fraction of sp³-hybridized carbons (Fsp3) is 0.400. The minimum Gasteiger partial charge on any atom is -0.296 e. The summed E-state index contributed by atoms with van der Waals surface area (Å²) in [5, 5.41) is 0.973. The Morgan fingerprint density at radius 1 is 0.893 bits per heavy atom. The highest BCUT2D eigenvalue weighted by Gasteiger charge is 3.08. The van der Waals surface area contributed by atoms with Gasteiger partial charge in [-0.1, -0.05) is 47.5 Å². The number of carbonyl (C=O) groups excluding carboxylic acids is 2. The Hall–Kier alpha value is -0.220. The van der Waals surface area contributed by atoms with Crippen molar-refractivity contribution in [2.24, 2.45) is 11.3 Å². The summed E-state index contributed by atoms with van der Waals surface area (Å²) in [6.07, 6.45) is 5.39. The van der Waals surface area contributed by atoms with Crippen molar-refractivity contribution in [1.29, 1.82) is 0 Å². The molecule has 2 nitrogen and oxygen atoms in total. The molecule has 1 aromatic carbocycles. The molecule has 5 aliphatic rings. The zero-order valence-electron chi connectivity index (χ0n) is 13.9. The summed E-state index contributed by atoms with van der Waals surface area (Å²) >= 11 is 40.2. The van der Waals surface area contributed by atoms with Crippen LogP contribution in [0.3, 0.4) is 0 Å². The van der Waals surface area contributed by atoms with Crippen LogP contribution in [0, 0.1) is 11.3 Å². The number of hydrogen-bond donors (Lipinski definition) is 0. The van der Waals surface area contributed by atoms with Crippen LogP contribution in [-0.4, -0.2) is 31.1 Å². The zero-order chi connectivity index (χ0) is 20.1. The summed E-state index contributed by atoms with van der Waals surface area (Å²) in [6.45, 7) is 0. The van der Waals surface area contributed by atoms with Gasteiger partial charge in [-0.05, 0) is 30.2 Å². The van der Waals surface area contributed by atoms with E-state index in [1.165, 1.54) is 0 Å². The molecule has 0 radical (unpaired) electrons. The van der Waals surface area contributed by atoms with Crippen molar-refractivity contribution < 1.29 is 9.59 Å². The third kappa shape index (κ3) is 1.24. The Bertz CT molecular complexity index is 1100. The second-order valence-electron chi connectivity index (χ2n) is 8.31. The standard InChI is InChI=1S/C20H10Cl6O2/c21-10-3-1-9(2-4-10)16-8-17(23)13(27)18(24)12-7-11(22)5-6-15(12,16)20(18,26)14(28)19(16,17)25/h1-7,12H,8H2/t12-,15+,16+,17-,18+,19-,20+/m1/s1. The first kappa shape index (κ1) is 18.5. The topological polar surface area (TPSA) is 34.1 Å². The summed E-state index contributed by atoms with van der Waals surface area (Å²) < 4.78 is 0. The highest BCUT2D eigenvalue weighted by atomic mass is 35.5. The number of Topliss-reactive ketones (excluding diaryl/α,β-unsaturated/α-hetero) is 2. The van der Waals surface area contributed by atoms with Gasteiger partial charge in [0.25, 0.3) is 0 Å². The summed E-state index contributed by atoms with van der Waals surface area (Å²) in [5.74, 6) is -1.58. The monoisotopic (exact) mass is 492 g/mol. The van der Waals surface area contributed by atoms with Crippen molar-refractivity contribution in [2.45, 2.75) is 31.3 Å². The third-order valence-corrected chi connectivity index (χ3v) is 11.4. The van der Waals surface area contributed by atoms with Crippen LogP contribution in [0.1, 0.15) is 12.0 Å². The molecule has 0 heterocycles. The number of carbonyl (C=O) groups is 2. The van der Waals surface area contributed by atoms with E-state index < -0.39 is 47.8 Å². The molecule has 5 aliphatic carbocycles. The van der Waals surface area contributed by atoms with Gasteiger partial charge in [-0.15, -0.1) is 46.4 Å². The highest BCUT2D eigenvalue weighted by Crippen LogP contribution is 2.94. The smallest absolute Gasteiger partial charge is 0.181 e. The molecule has 28 heavy (non-hydrogen) atoms. The number of benzene rings is 1. The Balaban J connectivity index is 1.78. The van der Waals surface area contributed by atoms with Crippen molar-refractivity contribution >= 4 is 81.2 Å². The zero-order valence-corrected chi connectivity index (χ0v) is 18.4. The lowest BCUT2D eigenvalue weighted by molar-refractivity contribution is -0.147. The molecular formula is C20H10Cl6O2. The third-order valence-electron chi connectivity index (χ3n) is 7.82. The van der Waals surface area contributed by atoms with Crippen molar-refractivity contribution in [3.05, 3.63) is 58.1 Å². The Morgan fingerprint density at radius 3 is 2.18 bits per heavy atom.